The monoisotopic (exact) mass is 234 g/mol. The van der Waals surface area contributed by atoms with Gasteiger partial charge in [0.1, 0.15) is 0 Å². The van der Waals surface area contributed by atoms with Crippen LogP contribution in [0.4, 0.5) is 11.4 Å². The summed E-state index contributed by atoms with van der Waals surface area (Å²) in [6.45, 7) is 0. The summed E-state index contributed by atoms with van der Waals surface area (Å²) in [5, 5.41) is 0. The van der Waals surface area contributed by atoms with Gasteiger partial charge in [-0.3, -0.25) is 0 Å². The first-order valence-electron chi connectivity index (χ1n) is 5.28. The number of benzene rings is 2. The summed E-state index contributed by atoms with van der Waals surface area (Å²) in [5.74, 6) is 0. The molecule has 2 aromatic carbocycles. The van der Waals surface area contributed by atoms with Gasteiger partial charge in [-0.1, -0.05) is 24.3 Å². The molecule has 3 rings (SSSR count). The van der Waals surface area contributed by atoms with Crippen molar-refractivity contribution in [3.05, 3.63) is 36.4 Å². The maximum absolute atomic E-state index is 10.4. The van der Waals surface area contributed by atoms with E-state index in [1.165, 1.54) is 12.2 Å². The Morgan fingerprint density at radius 1 is 0.833 bits per heavy atom. The normalized spacial score (nSPS) is 10.2. The highest BCUT2D eigenvalue weighted by Crippen LogP contribution is 2.53. The highest BCUT2D eigenvalue weighted by atomic mass is 16.1. The van der Waals surface area contributed by atoms with Crippen LogP contribution in [0.2, 0.25) is 0 Å². The molecule has 0 unspecified atom stereocenters. The van der Waals surface area contributed by atoms with Gasteiger partial charge in [0.25, 0.3) is 0 Å². The molecule has 84 valence electrons. The van der Waals surface area contributed by atoms with E-state index in [1.54, 1.807) is 12.1 Å². The van der Waals surface area contributed by atoms with Gasteiger partial charge in [-0.25, -0.2) is 9.59 Å². The molecule has 0 bridgehead atoms. The third kappa shape index (κ3) is 1.35. The highest BCUT2D eigenvalue weighted by molar-refractivity contribution is 6.08. The fourth-order valence-electron chi connectivity index (χ4n) is 2.24. The summed E-state index contributed by atoms with van der Waals surface area (Å²) in [7, 11) is 0. The van der Waals surface area contributed by atoms with Crippen LogP contribution in [-0.2, 0) is 9.59 Å². The molecule has 0 aliphatic heterocycles. The first-order valence-corrected chi connectivity index (χ1v) is 5.28. The fourth-order valence-corrected chi connectivity index (χ4v) is 2.24. The van der Waals surface area contributed by atoms with Gasteiger partial charge in [0.15, 0.2) is 0 Å². The zero-order valence-corrected chi connectivity index (χ0v) is 9.18. The molecule has 1 aliphatic carbocycles. The molecule has 4 nitrogen and oxygen atoms in total. The fraction of sp³-hybridized carbons (Fsp3) is 0. The Morgan fingerprint density at radius 3 is 2.28 bits per heavy atom. The summed E-state index contributed by atoms with van der Waals surface area (Å²) in [5.41, 5.74) is 4.87. The quantitative estimate of drug-likeness (QED) is 0.504. The first-order chi connectivity index (χ1) is 8.85. The van der Waals surface area contributed by atoms with Crippen LogP contribution in [0.25, 0.3) is 22.3 Å². The summed E-state index contributed by atoms with van der Waals surface area (Å²) in [6, 6.07) is 11.1. The topological polar surface area (TPSA) is 58.9 Å². The Hall–Kier alpha value is -2.80. The van der Waals surface area contributed by atoms with Crippen molar-refractivity contribution in [3.8, 4) is 22.3 Å². The van der Waals surface area contributed by atoms with Gasteiger partial charge in [-0.05, 0) is 28.8 Å². The van der Waals surface area contributed by atoms with Gasteiger partial charge < -0.3 is 0 Å². The molecule has 0 amide bonds. The van der Waals surface area contributed by atoms with E-state index in [9.17, 15) is 9.59 Å². The molecule has 0 heterocycles. The Balaban J connectivity index is 2.29. The number of hydrogen-bond acceptors (Lipinski definition) is 4. The van der Waals surface area contributed by atoms with Gasteiger partial charge in [0.05, 0.1) is 11.4 Å². The minimum Gasteiger partial charge on any atom is -0.211 e. The van der Waals surface area contributed by atoms with Crippen molar-refractivity contribution in [2.45, 2.75) is 0 Å². The van der Waals surface area contributed by atoms with Crippen LogP contribution in [0, 0.1) is 0 Å². The predicted octanol–water partition coefficient (Wildman–Crippen LogP) is 3.27. The highest BCUT2D eigenvalue weighted by Gasteiger charge is 2.25. The van der Waals surface area contributed by atoms with E-state index in [2.05, 4.69) is 9.98 Å². The van der Waals surface area contributed by atoms with Gasteiger partial charge in [0.2, 0.25) is 12.2 Å². The second-order valence-electron chi connectivity index (χ2n) is 3.84. The van der Waals surface area contributed by atoms with Crippen molar-refractivity contribution in [1.82, 2.24) is 0 Å². The number of carbonyl (C=O) groups excluding carboxylic acids is 2. The van der Waals surface area contributed by atoms with Crippen LogP contribution >= 0.6 is 0 Å². The molecule has 2 aromatic rings. The summed E-state index contributed by atoms with van der Waals surface area (Å²) in [6.07, 6.45) is 3.00. The Morgan fingerprint density at radius 2 is 1.56 bits per heavy atom. The van der Waals surface area contributed by atoms with Crippen LogP contribution in [0.1, 0.15) is 0 Å². The third-order valence-electron chi connectivity index (χ3n) is 2.93. The Labute approximate surface area is 102 Å². The van der Waals surface area contributed by atoms with Crippen molar-refractivity contribution >= 4 is 23.5 Å². The van der Waals surface area contributed by atoms with Crippen LogP contribution in [0.15, 0.2) is 46.4 Å². The van der Waals surface area contributed by atoms with Gasteiger partial charge in [0, 0.05) is 5.56 Å². The van der Waals surface area contributed by atoms with Gasteiger partial charge in [-0.2, -0.15) is 9.98 Å². The maximum atomic E-state index is 10.4. The SMILES string of the molecule is O=C=Nc1cc(N=C=O)c2c(c1)-c1ccccc1-2. The lowest BCUT2D eigenvalue weighted by Gasteiger charge is -2.25. The molecule has 0 saturated carbocycles. The van der Waals surface area contributed by atoms with Crippen LogP contribution < -0.4 is 0 Å². The van der Waals surface area contributed by atoms with Crippen LogP contribution in [0.5, 0.6) is 0 Å². The van der Waals surface area contributed by atoms with E-state index in [4.69, 9.17) is 0 Å². The Kier molecular flexibility index (Phi) is 2.24. The van der Waals surface area contributed by atoms with E-state index < -0.39 is 0 Å². The lowest BCUT2D eigenvalue weighted by molar-refractivity contribution is 0.565. The van der Waals surface area contributed by atoms with Crippen LogP contribution in [0.3, 0.4) is 0 Å². The van der Waals surface area contributed by atoms with E-state index in [-0.39, 0.29) is 0 Å². The lowest BCUT2D eigenvalue weighted by Crippen LogP contribution is -1.98. The number of aliphatic imine (C=N–C) groups is 2. The molecule has 0 atom stereocenters. The van der Waals surface area contributed by atoms with Crippen molar-refractivity contribution < 1.29 is 9.59 Å². The molecule has 0 radical (unpaired) electrons. The molecular weight excluding hydrogens is 228 g/mol. The Bertz CT molecular complexity index is 752. The molecule has 0 N–H and O–H groups in total. The van der Waals surface area contributed by atoms with Crippen molar-refractivity contribution in [3.63, 3.8) is 0 Å². The smallest absolute Gasteiger partial charge is 0.211 e. The molecular formula is C14H6N2O2. The van der Waals surface area contributed by atoms with Crippen LogP contribution in [-0.4, -0.2) is 12.2 Å². The van der Waals surface area contributed by atoms with Crippen molar-refractivity contribution in [2.75, 3.05) is 0 Å². The molecule has 0 aromatic heterocycles. The van der Waals surface area contributed by atoms with Crippen molar-refractivity contribution in [1.29, 1.82) is 0 Å². The number of isocyanates is 2. The number of rotatable bonds is 2. The van der Waals surface area contributed by atoms with E-state index in [0.29, 0.717) is 11.4 Å². The van der Waals surface area contributed by atoms with E-state index in [0.717, 1.165) is 22.3 Å². The third-order valence-corrected chi connectivity index (χ3v) is 2.93. The first kappa shape index (κ1) is 10.4. The standard InChI is InChI=1S/C14H6N2O2/c17-7-15-9-5-12-10-3-1-2-4-11(10)14(12)13(6-9)16-8-18/h1-6H. The molecule has 0 fully saturated rings. The second kappa shape index (κ2) is 3.90. The molecule has 4 heteroatoms. The summed E-state index contributed by atoms with van der Waals surface area (Å²) >= 11 is 0. The second-order valence-corrected chi connectivity index (χ2v) is 3.84. The number of nitrogens with zero attached hydrogens (tertiary/aromatic N) is 2. The molecule has 0 spiro atoms. The van der Waals surface area contributed by atoms with E-state index in [1.807, 2.05) is 24.3 Å². The van der Waals surface area contributed by atoms with Gasteiger partial charge in [-0.15, -0.1) is 0 Å². The molecule has 0 saturated heterocycles. The van der Waals surface area contributed by atoms with Gasteiger partial charge >= 0.3 is 0 Å². The average Bonchev–Trinajstić information content (AvgIpc) is 2.37. The van der Waals surface area contributed by atoms with E-state index >= 15 is 0 Å². The number of fused-ring (bicyclic) bond motifs is 4. The minimum absolute atomic E-state index is 0.437. The maximum Gasteiger partial charge on any atom is 0.240 e. The molecule has 18 heavy (non-hydrogen) atoms. The minimum atomic E-state index is 0.437. The molecule has 1 aliphatic rings. The number of hydrogen-bond donors (Lipinski definition) is 0. The lowest BCUT2D eigenvalue weighted by atomic mass is 9.79. The predicted molar refractivity (Wildman–Crippen MR) is 66.4 cm³/mol. The summed E-state index contributed by atoms with van der Waals surface area (Å²) in [4.78, 5) is 28.0. The van der Waals surface area contributed by atoms with Crippen molar-refractivity contribution in [2.24, 2.45) is 9.98 Å². The summed E-state index contributed by atoms with van der Waals surface area (Å²) < 4.78 is 0. The zero-order chi connectivity index (χ0) is 12.5. The zero-order valence-electron chi connectivity index (χ0n) is 9.18. The largest absolute Gasteiger partial charge is 0.240 e. The average molecular weight is 234 g/mol.